The molecular formula is C11H17N3O2S. The van der Waals surface area contributed by atoms with Gasteiger partial charge in [-0.1, -0.05) is 0 Å². The summed E-state index contributed by atoms with van der Waals surface area (Å²) in [5.41, 5.74) is 0.668. The molecule has 1 aliphatic heterocycles. The number of hydrogen-bond donors (Lipinski definition) is 2. The van der Waals surface area contributed by atoms with Crippen LogP contribution in [0, 0.1) is 6.92 Å². The fourth-order valence-corrected chi connectivity index (χ4v) is 2.73. The second-order valence-electron chi connectivity index (χ2n) is 4.17. The second kappa shape index (κ2) is 5.57. The molecule has 1 unspecified atom stereocenters. The number of nitrogens with one attached hydrogen (secondary N) is 1. The molecule has 2 heterocycles. The summed E-state index contributed by atoms with van der Waals surface area (Å²) in [6, 6.07) is -0.597. The number of aromatic nitrogens is 1. The molecule has 94 valence electrons. The van der Waals surface area contributed by atoms with Gasteiger partial charge in [-0.3, -0.25) is 9.69 Å². The lowest BCUT2D eigenvalue weighted by molar-refractivity contribution is -0.143. The molecule has 1 atom stereocenters. The number of aryl methyl sites for hydroxylation is 1. The van der Waals surface area contributed by atoms with E-state index < -0.39 is 12.0 Å². The van der Waals surface area contributed by atoms with E-state index in [1.54, 1.807) is 0 Å². The van der Waals surface area contributed by atoms with Gasteiger partial charge in [0, 0.05) is 25.0 Å². The quantitative estimate of drug-likeness (QED) is 0.839. The van der Waals surface area contributed by atoms with Crippen molar-refractivity contribution in [2.24, 2.45) is 0 Å². The number of aliphatic carboxylic acids is 1. The van der Waals surface area contributed by atoms with Crippen LogP contribution in [0.15, 0.2) is 5.38 Å². The van der Waals surface area contributed by atoms with E-state index >= 15 is 0 Å². The van der Waals surface area contributed by atoms with Gasteiger partial charge in [0.15, 0.2) is 6.04 Å². The molecule has 1 fully saturated rings. The monoisotopic (exact) mass is 255 g/mol. The maximum absolute atomic E-state index is 11.4. The summed E-state index contributed by atoms with van der Waals surface area (Å²) in [7, 11) is 0. The van der Waals surface area contributed by atoms with Crippen molar-refractivity contribution < 1.29 is 9.90 Å². The van der Waals surface area contributed by atoms with Crippen LogP contribution in [-0.2, 0) is 4.79 Å². The van der Waals surface area contributed by atoms with Crippen LogP contribution < -0.4 is 5.32 Å². The summed E-state index contributed by atoms with van der Waals surface area (Å²) in [6.07, 6.45) is 0.979. The molecule has 0 radical (unpaired) electrons. The van der Waals surface area contributed by atoms with Crippen LogP contribution in [0.25, 0.3) is 0 Å². The third-order valence-electron chi connectivity index (χ3n) is 2.89. The first-order valence-corrected chi connectivity index (χ1v) is 6.66. The van der Waals surface area contributed by atoms with Crippen molar-refractivity contribution in [3.8, 4) is 0 Å². The van der Waals surface area contributed by atoms with E-state index in [0.29, 0.717) is 5.69 Å². The molecule has 6 heteroatoms. The second-order valence-corrected chi connectivity index (χ2v) is 5.23. The minimum Gasteiger partial charge on any atom is -0.480 e. The SMILES string of the molecule is Cc1nc(C(C(=O)O)N2CCCNCC2)cs1. The zero-order chi connectivity index (χ0) is 12.3. The predicted molar refractivity (Wildman–Crippen MR) is 66.3 cm³/mol. The summed E-state index contributed by atoms with van der Waals surface area (Å²) < 4.78 is 0. The lowest BCUT2D eigenvalue weighted by Gasteiger charge is -2.25. The van der Waals surface area contributed by atoms with Crippen LogP contribution in [0.5, 0.6) is 0 Å². The van der Waals surface area contributed by atoms with Gasteiger partial charge < -0.3 is 10.4 Å². The maximum atomic E-state index is 11.4. The van der Waals surface area contributed by atoms with Gasteiger partial charge in [0.1, 0.15) is 0 Å². The molecule has 17 heavy (non-hydrogen) atoms. The van der Waals surface area contributed by atoms with Gasteiger partial charge in [-0.25, -0.2) is 4.98 Å². The van der Waals surface area contributed by atoms with E-state index in [9.17, 15) is 9.90 Å². The van der Waals surface area contributed by atoms with Crippen LogP contribution in [-0.4, -0.2) is 47.1 Å². The Morgan fingerprint density at radius 1 is 1.59 bits per heavy atom. The molecular weight excluding hydrogens is 238 g/mol. The highest BCUT2D eigenvalue weighted by atomic mass is 32.1. The first kappa shape index (κ1) is 12.5. The fourth-order valence-electron chi connectivity index (χ4n) is 2.10. The van der Waals surface area contributed by atoms with E-state index in [0.717, 1.165) is 37.6 Å². The largest absolute Gasteiger partial charge is 0.480 e. The topological polar surface area (TPSA) is 65.5 Å². The molecule has 0 spiro atoms. The minimum absolute atomic E-state index is 0.597. The van der Waals surface area contributed by atoms with Gasteiger partial charge in [-0.05, 0) is 19.9 Å². The Morgan fingerprint density at radius 3 is 3.06 bits per heavy atom. The normalized spacial score (nSPS) is 19.8. The molecule has 2 N–H and O–H groups in total. The number of nitrogens with zero attached hydrogens (tertiary/aromatic N) is 2. The molecule has 0 aliphatic carbocycles. The van der Waals surface area contributed by atoms with E-state index in [2.05, 4.69) is 10.3 Å². The highest BCUT2D eigenvalue weighted by Gasteiger charge is 2.29. The van der Waals surface area contributed by atoms with Gasteiger partial charge in [0.05, 0.1) is 10.7 Å². The average molecular weight is 255 g/mol. The van der Waals surface area contributed by atoms with Crippen LogP contribution >= 0.6 is 11.3 Å². The van der Waals surface area contributed by atoms with Gasteiger partial charge in [-0.2, -0.15) is 0 Å². The van der Waals surface area contributed by atoms with Gasteiger partial charge in [0.25, 0.3) is 0 Å². The number of carboxylic acid groups (broad SMARTS) is 1. The van der Waals surface area contributed by atoms with Gasteiger partial charge in [0.2, 0.25) is 0 Å². The molecule has 1 aromatic rings. The van der Waals surface area contributed by atoms with E-state index in [4.69, 9.17) is 0 Å². The van der Waals surface area contributed by atoms with Crippen molar-refractivity contribution >= 4 is 17.3 Å². The van der Waals surface area contributed by atoms with Crippen molar-refractivity contribution in [1.29, 1.82) is 0 Å². The Morgan fingerprint density at radius 2 is 2.41 bits per heavy atom. The molecule has 2 rings (SSSR count). The molecule has 1 saturated heterocycles. The first-order valence-electron chi connectivity index (χ1n) is 5.78. The standard InChI is InChI=1S/C11H17N3O2S/c1-8-13-9(7-17-8)10(11(15)16)14-5-2-3-12-4-6-14/h7,10,12H,2-6H2,1H3,(H,15,16). The molecule has 0 bridgehead atoms. The zero-order valence-electron chi connectivity index (χ0n) is 9.85. The number of carboxylic acids is 1. The Hall–Kier alpha value is -0.980. The lowest BCUT2D eigenvalue weighted by atomic mass is 10.2. The van der Waals surface area contributed by atoms with Crippen molar-refractivity contribution in [3.63, 3.8) is 0 Å². The molecule has 0 saturated carbocycles. The van der Waals surface area contributed by atoms with Crippen LogP contribution in [0.4, 0.5) is 0 Å². The molecule has 1 aliphatic rings. The molecule has 1 aromatic heterocycles. The van der Waals surface area contributed by atoms with E-state index in [1.807, 2.05) is 17.2 Å². The highest BCUT2D eigenvalue weighted by molar-refractivity contribution is 7.09. The highest BCUT2D eigenvalue weighted by Crippen LogP contribution is 2.23. The molecule has 0 amide bonds. The van der Waals surface area contributed by atoms with Crippen LogP contribution in [0.2, 0.25) is 0 Å². The van der Waals surface area contributed by atoms with Crippen molar-refractivity contribution in [1.82, 2.24) is 15.2 Å². The zero-order valence-corrected chi connectivity index (χ0v) is 10.7. The van der Waals surface area contributed by atoms with Crippen molar-refractivity contribution in [3.05, 3.63) is 16.1 Å². The van der Waals surface area contributed by atoms with E-state index in [-0.39, 0.29) is 0 Å². The predicted octanol–water partition coefficient (Wildman–Crippen LogP) is 0.873. The number of hydrogen-bond acceptors (Lipinski definition) is 5. The minimum atomic E-state index is -0.808. The summed E-state index contributed by atoms with van der Waals surface area (Å²) in [5, 5.41) is 15.4. The Labute approximate surface area is 104 Å². The first-order chi connectivity index (χ1) is 8.18. The number of carbonyl (C=O) groups is 1. The van der Waals surface area contributed by atoms with Crippen LogP contribution in [0.1, 0.15) is 23.2 Å². The molecule has 0 aromatic carbocycles. The van der Waals surface area contributed by atoms with Crippen LogP contribution in [0.3, 0.4) is 0 Å². The van der Waals surface area contributed by atoms with E-state index in [1.165, 1.54) is 11.3 Å². The number of thiazole rings is 1. The third kappa shape index (κ3) is 3.02. The maximum Gasteiger partial charge on any atom is 0.327 e. The Balaban J connectivity index is 2.18. The summed E-state index contributed by atoms with van der Waals surface area (Å²) in [6.45, 7) is 5.26. The summed E-state index contributed by atoms with van der Waals surface area (Å²) in [4.78, 5) is 17.7. The fraction of sp³-hybridized carbons (Fsp3) is 0.636. The lowest BCUT2D eigenvalue weighted by Crippen LogP contribution is -2.36. The third-order valence-corrected chi connectivity index (χ3v) is 3.68. The summed E-state index contributed by atoms with van der Waals surface area (Å²) >= 11 is 1.50. The Bertz CT molecular complexity index is 386. The van der Waals surface area contributed by atoms with Gasteiger partial charge in [-0.15, -0.1) is 11.3 Å². The smallest absolute Gasteiger partial charge is 0.327 e. The molecule has 5 nitrogen and oxygen atoms in total. The average Bonchev–Trinajstić information content (AvgIpc) is 2.53. The van der Waals surface area contributed by atoms with Crippen molar-refractivity contribution in [2.45, 2.75) is 19.4 Å². The summed E-state index contributed by atoms with van der Waals surface area (Å²) in [5.74, 6) is -0.808. The number of rotatable bonds is 3. The van der Waals surface area contributed by atoms with Crippen molar-refractivity contribution in [2.75, 3.05) is 26.2 Å². The van der Waals surface area contributed by atoms with Gasteiger partial charge >= 0.3 is 5.97 Å². The Kier molecular flexibility index (Phi) is 4.09.